The van der Waals surface area contributed by atoms with Crippen molar-refractivity contribution in [3.05, 3.63) is 64.3 Å². The maximum Gasteiger partial charge on any atom is 0.252 e. The topological polar surface area (TPSA) is 95.6 Å². The lowest BCUT2D eigenvalue weighted by atomic mass is 9.94. The second kappa shape index (κ2) is 10.8. The summed E-state index contributed by atoms with van der Waals surface area (Å²) in [7, 11) is 1.55. The highest BCUT2D eigenvalue weighted by Gasteiger charge is 2.28. The van der Waals surface area contributed by atoms with Crippen LogP contribution in [0.1, 0.15) is 34.5 Å². The van der Waals surface area contributed by atoms with Gasteiger partial charge < -0.3 is 20.7 Å². The number of hydrogen-bond donors (Lipinski definition) is 3. The number of para-hydroxylation sites is 1. The summed E-state index contributed by atoms with van der Waals surface area (Å²) in [5, 5.41) is 10.8. The molecule has 9 heteroatoms. The molecule has 1 saturated heterocycles. The van der Waals surface area contributed by atoms with Crippen molar-refractivity contribution in [1.82, 2.24) is 20.5 Å². The number of ether oxygens (including phenoxy) is 1. The molecule has 2 aliphatic heterocycles. The Bertz CT molecular complexity index is 1290. The summed E-state index contributed by atoms with van der Waals surface area (Å²) in [6.45, 7) is 3.08. The third-order valence-electron chi connectivity index (χ3n) is 6.79. The van der Waals surface area contributed by atoms with Crippen molar-refractivity contribution in [3.63, 3.8) is 0 Å². The fourth-order valence-electron chi connectivity index (χ4n) is 5.04. The molecule has 188 valence electrons. The molecule has 2 aromatic carbocycles. The van der Waals surface area contributed by atoms with Crippen LogP contribution in [0.3, 0.4) is 0 Å². The van der Waals surface area contributed by atoms with Crippen LogP contribution in [-0.2, 0) is 17.8 Å². The lowest BCUT2D eigenvalue weighted by molar-refractivity contribution is -0.117. The largest absolute Gasteiger partial charge is 0.495 e. The first-order valence-corrected chi connectivity index (χ1v) is 12.7. The van der Waals surface area contributed by atoms with Crippen LogP contribution < -0.4 is 20.7 Å². The van der Waals surface area contributed by atoms with E-state index >= 15 is 0 Å². The molecule has 1 aromatic heterocycles. The number of benzene rings is 2. The Morgan fingerprint density at radius 2 is 2.11 bits per heavy atom. The third-order valence-corrected chi connectivity index (χ3v) is 7.02. The van der Waals surface area contributed by atoms with Gasteiger partial charge in [-0.1, -0.05) is 29.8 Å². The van der Waals surface area contributed by atoms with Crippen molar-refractivity contribution < 1.29 is 14.3 Å². The molecule has 0 saturated carbocycles. The highest BCUT2D eigenvalue weighted by Crippen LogP contribution is 2.30. The third kappa shape index (κ3) is 5.31. The number of amides is 2. The molecule has 0 spiro atoms. The highest BCUT2D eigenvalue weighted by atomic mass is 35.5. The minimum absolute atomic E-state index is 0.0754. The molecule has 36 heavy (non-hydrogen) atoms. The van der Waals surface area contributed by atoms with Crippen molar-refractivity contribution in [2.24, 2.45) is 0 Å². The van der Waals surface area contributed by atoms with Crippen molar-refractivity contribution >= 4 is 40.0 Å². The van der Waals surface area contributed by atoms with Gasteiger partial charge in [0.1, 0.15) is 5.75 Å². The van der Waals surface area contributed by atoms with E-state index in [2.05, 4.69) is 16.0 Å². The van der Waals surface area contributed by atoms with E-state index in [4.69, 9.17) is 21.3 Å². The summed E-state index contributed by atoms with van der Waals surface area (Å²) in [4.78, 5) is 33.4. The number of rotatable bonds is 6. The minimum Gasteiger partial charge on any atom is -0.495 e. The zero-order valence-corrected chi connectivity index (χ0v) is 21.0. The van der Waals surface area contributed by atoms with Gasteiger partial charge >= 0.3 is 0 Å². The molecule has 5 rings (SSSR count). The van der Waals surface area contributed by atoms with Gasteiger partial charge in [-0.05, 0) is 43.7 Å². The Morgan fingerprint density at radius 1 is 1.25 bits per heavy atom. The van der Waals surface area contributed by atoms with Crippen LogP contribution in [0.25, 0.3) is 10.9 Å². The second-order valence-corrected chi connectivity index (χ2v) is 9.74. The summed E-state index contributed by atoms with van der Waals surface area (Å²) in [5.41, 5.74) is 3.84. The summed E-state index contributed by atoms with van der Waals surface area (Å²) < 4.78 is 5.34. The maximum absolute atomic E-state index is 13.6. The first kappa shape index (κ1) is 24.5. The van der Waals surface area contributed by atoms with E-state index in [-0.39, 0.29) is 24.4 Å². The Hall–Kier alpha value is -3.20. The predicted octanol–water partition coefficient (Wildman–Crippen LogP) is 3.38. The van der Waals surface area contributed by atoms with Gasteiger partial charge in [0.25, 0.3) is 5.91 Å². The normalized spacial score (nSPS) is 17.9. The van der Waals surface area contributed by atoms with Gasteiger partial charge in [-0.2, -0.15) is 0 Å². The molecule has 3 N–H and O–H groups in total. The van der Waals surface area contributed by atoms with Crippen LogP contribution in [-0.4, -0.2) is 61.0 Å². The van der Waals surface area contributed by atoms with E-state index in [1.807, 2.05) is 29.2 Å². The van der Waals surface area contributed by atoms with Gasteiger partial charge in [0.05, 0.1) is 30.4 Å². The van der Waals surface area contributed by atoms with E-state index in [1.165, 1.54) is 0 Å². The number of nitrogens with zero attached hydrogens (tertiary/aromatic N) is 2. The Balaban J connectivity index is 1.38. The summed E-state index contributed by atoms with van der Waals surface area (Å²) in [6, 6.07) is 13.0. The van der Waals surface area contributed by atoms with Gasteiger partial charge in [-0.3, -0.25) is 19.5 Å². The van der Waals surface area contributed by atoms with Crippen LogP contribution >= 0.6 is 11.6 Å². The number of anilines is 1. The van der Waals surface area contributed by atoms with Crippen LogP contribution in [0, 0.1) is 0 Å². The lowest BCUT2D eigenvalue weighted by Gasteiger charge is -2.30. The zero-order chi connectivity index (χ0) is 25.1. The maximum atomic E-state index is 13.6. The number of carbonyl (C=O) groups excluding carboxylic acids is 2. The summed E-state index contributed by atoms with van der Waals surface area (Å²) in [6.07, 6.45) is 2.67. The second-order valence-electron chi connectivity index (χ2n) is 9.30. The van der Waals surface area contributed by atoms with Crippen molar-refractivity contribution in [2.45, 2.75) is 31.8 Å². The number of carbonyl (C=O) groups is 2. The number of fused-ring (bicyclic) bond motifs is 2. The van der Waals surface area contributed by atoms with Crippen LogP contribution in [0.5, 0.6) is 5.75 Å². The van der Waals surface area contributed by atoms with E-state index in [9.17, 15) is 9.59 Å². The quantitative estimate of drug-likeness (QED) is 0.473. The lowest BCUT2D eigenvalue weighted by Crippen LogP contribution is -2.46. The smallest absolute Gasteiger partial charge is 0.252 e. The van der Waals surface area contributed by atoms with E-state index < -0.39 is 0 Å². The van der Waals surface area contributed by atoms with Crippen LogP contribution in [0.15, 0.2) is 42.5 Å². The van der Waals surface area contributed by atoms with Gasteiger partial charge in [0.2, 0.25) is 5.91 Å². The molecule has 0 bridgehead atoms. The van der Waals surface area contributed by atoms with Gasteiger partial charge in [0, 0.05) is 53.8 Å². The molecule has 0 aliphatic carbocycles. The molecule has 2 aliphatic rings. The molecule has 0 radical (unpaired) electrons. The molecule has 3 heterocycles. The van der Waals surface area contributed by atoms with E-state index in [1.54, 1.807) is 25.3 Å². The average molecular weight is 508 g/mol. The molecule has 3 aromatic rings. The van der Waals surface area contributed by atoms with Gasteiger partial charge in [0.15, 0.2) is 0 Å². The van der Waals surface area contributed by atoms with Crippen molar-refractivity contribution in [1.29, 1.82) is 0 Å². The van der Waals surface area contributed by atoms with Gasteiger partial charge in [-0.15, -0.1) is 0 Å². The molecule has 2 amide bonds. The fraction of sp³-hybridized carbons (Fsp3) is 0.370. The van der Waals surface area contributed by atoms with Gasteiger partial charge in [-0.25, -0.2) is 0 Å². The summed E-state index contributed by atoms with van der Waals surface area (Å²) >= 11 is 6.10. The average Bonchev–Trinajstić information content (AvgIpc) is 2.88. The number of aromatic nitrogens is 1. The number of methoxy groups -OCH3 is 1. The monoisotopic (exact) mass is 507 g/mol. The Labute approximate surface area is 215 Å². The van der Waals surface area contributed by atoms with Crippen molar-refractivity contribution in [2.75, 3.05) is 38.6 Å². The van der Waals surface area contributed by atoms with E-state index in [0.29, 0.717) is 41.5 Å². The first-order chi connectivity index (χ1) is 17.5. The molecule has 8 nitrogen and oxygen atoms in total. The van der Waals surface area contributed by atoms with Crippen LogP contribution in [0.4, 0.5) is 5.69 Å². The first-order valence-electron chi connectivity index (χ1n) is 12.3. The fourth-order valence-corrected chi connectivity index (χ4v) is 5.22. The number of hydrogen-bond acceptors (Lipinski definition) is 6. The molecular formula is C27H30ClN5O3. The SMILES string of the molecule is COc1ccc(Cl)cc1NC(=O)CN1CCc2nc3ccccc3c(C(=O)NC3CCCNC3)c2C1. The van der Waals surface area contributed by atoms with E-state index in [0.717, 1.165) is 48.1 Å². The number of piperidine rings is 1. The molecule has 1 fully saturated rings. The summed E-state index contributed by atoms with van der Waals surface area (Å²) in [5.74, 6) is 0.295. The predicted molar refractivity (Wildman–Crippen MR) is 141 cm³/mol. The number of pyridine rings is 1. The highest BCUT2D eigenvalue weighted by molar-refractivity contribution is 6.31. The molecule has 1 atom stereocenters. The Kier molecular flexibility index (Phi) is 7.36. The molecular weight excluding hydrogens is 478 g/mol. The number of nitrogens with one attached hydrogen (secondary N) is 3. The minimum atomic E-state index is -0.174. The Morgan fingerprint density at radius 3 is 2.92 bits per heavy atom. The standard InChI is InChI=1S/C27H30ClN5O3/c1-36-24-9-8-17(28)13-23(24)32-25(34)16-33-12-10-22-20(15-33)26(19-6-2-3-7-21(19)31-22)27(35)30-18-5-4-11-29-14-18/h2-3,6-9,13,18,29H,4-5,10-12,14-16H2,1H3,(H,30,35)(H,32,34). The zero-order valence-electron chi connectivity index (χ0n) is 20.3. The van der Waals surface area contributed by atoms with Crippen LogP contribution in [0.2, 0.25) is 5.02 Å². The van der Waals surface area contributed by atoms with Crippen molar-refractivity contribution in [3.8, 4) is 5.75 Å². The number of halogens is 1. The molecule has 1 unspecified atom stereocenters.